The summed E-state index contributed by atoms with van der Waals surface area (Å²) in [4.78, 5) is 23.1. The van der Waals surface area contributed by atoms with E-state index in [1.807, 2.05) is 13.8 Å². The molecule has 19 heavy (non-hydrogen) atoms. The fourth-order valence-corrected chi connectivity index (χ4v) is 1.07. The molecule has 1 N–H and O–H groups in total. The van der Waals surface area contributed by atoms with E-state index < -0.39 is 23.6 Å². The topological polar surface area (TPSA) is 64.6 Å². The van der Waals surface area contributed by atoms with Gasteiger partial charge < -0.3 is 9.47 Å². The molecular formula is C14H23NO4. The van der Waals surface area contributed by atoms with Gasteiger partial charge in [-0.2, -0.15) is 0 Å². The van der Waals surface area contributed by atoms with Crippen LogP contribution in [0.1, 0.15) is 34.6 Å². The highest BCUT2D eigenvalue weighted by Crippen LogP contribution is 2.08. The Morgan fingerprint density at radius 1 is 1.32 bits per heavy atom. The van der Waals surface area contributed by atoms with E-state index in [-0.39, 0.29) is 12.5 Å². The van der Waals surface area contributed by atoms with Crippen molar-refractivity contribution in [2.75, 3.05) is 13.2 Å². The molecule has 0 aliphatic heterocycles. The van der Waals surface area contributed by atoms with E-state index in [4.69, 9.17) is 15.9 Å². The zero-order valence-electron chi connectivity index (χ0n) is 12.3. The van der Waals surface area contributed by atoms with Crippen molar-refractivity contribution in [1.29, 1.82) is 0 Å². The molecule has 0 amide bonds. The van der Waals surface area contributed by atoms with Crippen molar-refractivity contribution in [2.24, 2.45) is 5.92 Å². The minimum absolute atomic E-state index is 0.124. The molecule has 0 spiro atoms. The Kier molecular flexibility index (Phi) is 7.17. The van der Waals surface area contributed by atoms with Crippen LogP contribution < -0.4 is 5.32 Å². The van der Waals surface area contributed by atoms with E-state index in [9.17, 15) is 9.59 Å². The molecule has 0 bridgehead atoms. The number of ether oxygens (including phenoxy) is 2. The molecule has 0 saturated carbocycles. The summed E-state index contributed by atoms with van der Waals surface area (Å²) in [6.07, 6.45) is 5.24. The summed E-state index contributed by atoms with van der Waals surface area (Å²) in [6.45, 7) is 9.33. The van der Waals surface area contributed by atoms with Gasteiger partial charge >= 0.3 is 11.9 Å². The van der Waals surface area contributed by atoms with Crippen molar-refractivity contribution < 1.29 is 19.1 Å². The van der Waals surface area contributed by atoms with Crippen LogP contribution in [-0.4, -0.2) is 36.7 Å². The molecule has 1 atom stereocenters. The molecule has 0 aromatic heterocycles. The molecule has 1 unspecified atom stereocenters. The minimum atomic E-state index is -0.953. The average molecular weight is 269 g/mol. The van der Waals surface area contributed by atoms with Gasteiger partial charge in [-0.05, 0) is 26.7 Å². The van der Waals surface area contributed by atoms with Gasteiger partial charge in [-0.1, -0.05) is 19.8 Å². The lowest BCUT2D eigenvalue weighted by Crippen LogP contribution is -2.42. The zero-order chi connectivity index (χ0) is 15.1. The van der Waals surface area contributed by atoms with Crippen LogP contribution in [0.4, 0.5) is 0 Å². The average Bonchev–Trinajstić information content (AvgIpc) is 2.24. The Labute approximate surface area is 115 Å². The van der Waals surface area contributed by atoms with Gasteiger partial charge in [-0.15, -0.1) is 6.42 Å². The minimum Gasteiger partial charge on any atom is -0.464 e. The lowest BCUT2D eigenvalue weighted by Gasteiger charge is -2.22. The van der Waals surface area contributed by atoms with Crippen molar-refractivity contribution in [3.8, 4) is 12.3 Å². The van der Waals surface area contributed by atoms with Crippen LogP contribution in [0.5, 0.6) is 0 Å². The summed E-state index contributed by atoms with van der Waals surface area (Å²) >= 11 is 0. The number of esters is 2. The molecule has 0 saturated heterocycles. The lowest BCUT2D eigenvalue weighted by molar-refractivity contribution is -0.156. The van der Waals surface area contributed by atoms with Crippen LogP contribution in [0, 0.1) is 18.3 Å². The zero-order valence-corrected chi connectivity index (χ0v) is 12.3. The molecule has 0 heterocycles. The van der Waals surface area contributed by atoms with Gasteiger partial charge in [0.05, 0.1) is 13.2 Å². The molecule has 0 aliphatic carbocycles. The first kappa shape index (κ1) is 17.5. The van der Waals surface area contributed by atoms with Crippen molar-refractivity contribution in [1.82, 2.24) is 5.32 Å². The summed E-state index contributed by atoms with van der Waals surface area (Å²) in [7, 11) is 0. The molecule has 108 valence electrons. The first-order valence-corrected chi connectivity index (χ1v) is 6.23. The van der Waals surface area contributed by atoms with Crippen LogP contribution >= 0.6 is 0 Å². The molecule has 5 nitrogen and oxygen atoms in total. The second kappa shape index (κ2) is 7.80. The van der Waals surface area contributed by atoms with Crippen LogP contribution in [0.25, 0.3) is 0 Å². The summed E-state index contributed by atoms with van der Waals surface area (Å²) in [6, 6.07) is -0.953. The Bertz CT molecular complexity index is 349. The van der Waals surface area contributed by atoms with Gasteiger partial charge in [0.1, 0.15) is 5.60 Å². The van der Waals surface area contributed by atoms with Gasteiger partial charge in [0.2, 0.25) is 0 Å². The van der Waals surface area contributed by atoms with Crippen LogP contribution in [0.2, 0.25) is 0 Å². The monoisotopic (exact) mass is 269 g/mol. The van der Waals surface area contributed by atoms with Gasteiger partial charge in [0.25, 0.3) is 0 Å². The van der Waals surface area contributed by atoms with Gasteiger partial charge in [-0.25, -0.2) is 4.79 Å². The van der Waals surface area contributed by atoms with E-state index in [1.54, 1.807) is 20.8 Å². The molecule has 0 aromatic carbocycles. The maximum atomic E-state index is 11.7. The second-order valence-electron chi connectivity index (χ2n) is 5.59. The first-order chi connectivity index (χ1) is 8.65. The van der Waals surface area contributed by atoms with E-state index in [1.165, 1.54) is 0 Å². The predicted molar refractivity (Wildman–Crippen MR) is 72.3 cm³/mol. The van der Waals surface area contributed by atoms with Gasteiger partial charge in [0.15, 0.2) is 6.04 Å². The Hall–Kier alpha value is -1.54. The summed E-state index contributed by atoms with van der Waals surface area (Å²) in [5.74, 6) is 1.49. The number of terminal acetylenes is 1. The number of carbonyl (C=O) groups is 2. The highest BCUT2D eigenvalue weighted by molar-refractivity contribution is 5.81. The molecule has 0 rings (SSSR count). The fourth-order valence-electron chi connectivity index (χ4n) is 1.07. The maximum absolute atomic E-state index is 11.7. The number of rotatable bonds is 6. The van der Waals surface area contributed by atoms with Crippen LogP contribution in [0.15, 0.2) is 0 Å². The Morgan fingerprint density at radius 3 is 2.32 bits per heavy atom. The van der Waals surface area contributed by atoms with Gasteiger partial charge in [0, 0.05) is 0 Å². The van der Waals surface area contributed by atoms with Crippen molar-refractivity contribution in [3.63, 3.8) is 0 Å². The highest BCUT2D eigenvalue weighted by Gasteiger charge is 2.23. The lowest BCUT2D eigenvalue weighted by atomic mass is 10.2. The first-order valence-electron chi connectivity index (χ1n) is 6.23. The Morgan fingerprint density at radius 2 is 1.89 bits per heavy atom. The van der Waals surface area contributed by atoms with Crippen molar-refractivity contribution in [2.45, 2.75) is 46.3 Å². The van der Waals surface area contributed by atoms with Crippen LogP contribution in [-0.2, 0) is 19.1 Å². The van der Waals surface area contributed by atoms with E-state index >= 15 is 0 Å². The van der Waals surface area contributed by atoms with Crippen molar-refractivity contribution >= 4 is 11.9 Å². The largest absolute Gasteiger partial charge is 0.464 e. The normalized spacial score (nSPS) is 12.7. The number of hydrogen-bond donors (Lipinski definition) is 1. The van der Waals surface area contributed by atoms with E-state index in [0.717, 1.165) is 0 Å². The third-order valence-electron chi connectivity index (χ3n) is 1.84. The smallest absolute Gasteiger partial charge is 0.336 e. The van der Waals surface area contributed by atoms with Gasteiger partial charge in [-0.3, -0.25) is 10.1 Å². The third kappa shape index (κ3) is 9.09. The number of nitrogens with one attached hydrogen (secondary N) is 1. The SMILES string of the molecule is C#CC(NCC(=O)OCC(C)C)C(=O)OC(C)(C)C. The molecule has 0 aliphatic rings. The molecule has 0 fully saturated rings. The second-order valence-corrected chi connectivity index (χ2v) is 5.59. The third-order valence-corrected chi connectivity index (χ3v) is 1.84. The number of carbonyl (C=O) groups excluding carboxylic acids is 2. The molecule has 5 heteroatoms. The fraction of sp³-hybridized carbons (Fsp3) is 0.714. The number of hydrogen-bond acceptors (Lipinski definition) is 5. The summed E-state index contributed by atoms with van der Waals surface area (Å²) < 4.78 is 10.1. The Balaban J connectivity index is 4.18. The maximum Gasteiger partial charge on any atom is 0.336 e. The quantitative estimate of drug-likeness (QED) is 0.578. The van der Waals surface area contributed by atoms with Crippen LogP contribution in [0.3, 0.4) is 0 Å². The van der Waals surface area contributed by atoms with Crippen molar-refractivity contribution in [3.05, 3.63) is 0 Å². The molecule has 0 radical (unpaired) electrons. The molecular weight excluding hydrogens is 246 g/mol. The molecule has 0 aromatic rings. The van der Waals surface area contributed by atoms with E-state index in [2.05, 4.69) is 11.2 Å². The summed E-state index contributed by atoms with van der Waals surface area (Å²) in [5, 5.41) is 2.63. The standard InChI is InChI=1S/C14H23NO4/c1-7-11(13(17)19-14(4,5)6)15-8-12(16)18-9-10(2)3/h1,10-11,15H,8-9H2,2-6H3. The van der Waals surface area contributed by atoms with E-state index in [0.29, 0.717) is 6.61 Å². The highest BCUT2D eigenvalue weighted by atomic mass is 16.6. The predicted octanol–water partition coefficient (Wildman–Crippen LogP) is 1.12. The summed E-state index contributed by atoms with van der Waals surface area (Å²) in [5.41, 5.74) is -0.619.